The molecule has 0 saturated heterocycles. The van der Waals surface area contributed by atoms with E-state index in [4.69, 9.17) is 0 Å². The van der Waals surface area contributed by atoms with Crippen LogP contribution in [0.25, 0.3) is 11.1 Å². The summed E-state index contributed by atoms with van der Waals surface area (Å²) < 4.78 is 6.26. The number of hydrogen-bond donors (Lipinski definition) is 1. The van der Waals surface area contributed by atoms with Gasteiger partial charge in [0.15, 0.2) is 0 Å². The Labute approximate surface area is 132 Å². The van der Waals surface area contributed by atoms with Crippen molar-refractivity contribution in [2.45, 2.75) is 0 Å². The van der Waals surface area contributed by atoms with E-state index in [1.165, 1.54) is 7.11 Å². The molecule has 0 bridgehead atoms. The summed E-state index contributed by atoms with van der Waals surface area (Å²) in [6.07, 6.45) is 0. The zero-order chi connectivity index (χ0) is 14.0. The van der Waals surface area contributed by atoms with Gasteiger partial charge >= 0.3 is 5.97 Å². The van der Waals surface area contributed by atoms with Gasteiger partial charge in [-0.2, -0.15) is 0 Å². The predicted octanol–water partition coefficient (Wildman–Crippen LogP) is 4.21. The Morgan fingerprint density at radius 1 is 1.26 bits per heavy atom. The van der Waals surface area contributed by atoms with E-state index in [9.17, 15) is 9.90 Å². The summed E-state index contributed by atoms with van der Waals surface area (Å²) in [5.74, 6) is -0.112. The fraction of sp³-hybridized carbons (Fsp3) is 0.0714. The first-order valence-electron chi connectivity index (χ1n) is 5.39. The number of phenols is 1. The van der Waals surface area contributed by atoms with Crippen LogP contribution in [0.2, 0.25) is 0 Å². The maximum Gasteiger partial charge on any atom is 0.337 e. The lowest BCUT2D eigenvalue weighted by Gasteiger charge is -2.08. The Morgan fingerprint density at radius 2 is 2.00 bits per heavy atom. The van der Waals surface area contributed by atoms with Gasteiger partial charge < -0.3 is 9.84 Å². The number of phenolic OH excluding ortho intramolecular Hbond substituents is 1. The largest absolute Gasteiger partial charge is 0.507 e. The first-order chi connectivity index (χ1) is 9.02. The van der Waals surface area contributed by atoms with Crippen LogP contribution in [-0.4, -0.2) is 18.2 Å². The van der Waals surface area contributed by atoms with Crippen LogP contribution in [0.5, 0.6) is 5.75 Å². The lowest BCUT2D eigenvalue weighted by molar-refractivity contribution is 0.0600. The van der Waals surface area contributed by atoms with Gasteiger partial charge in [-0.15, -0.1) is 0 Å². The number of halogens is 2. The van der Waals surface area contributed by atoms with Gasteiger partial charge in [-0.05, 0) is 58.0 Å². The number of carbonyl (C=O) groups excluding carboxylic acids is 1. The molecule has 0 radical (unpaired) electrons. The number of aromatic hydroxyl groups is 1. The third-order valence-electron chi connectivity index (χ3n) is 2.65. The quantitative estimate of drug-likeness (QED) is 0.571. The van der Waals surface area contributed by atoms with Crippen molar-refractivity contribution in [1.29, 1.82) is 0 Å². The standard InChI is InChI=1S/C14H10BrIO3/c1-19-14(18)9-2-4-10(11(15)6-9)8-3-5-13(17)12(16)7-8/h2-7,17H,1H3. The molecule has 5 heteroatoms. The summed E-state index contributed by atoms with van der Waals surface area (Å²) >= 11 is 5.52. The third kappa shape index (κ3) is 3.09. The first-order valence-corrected chi connectivity index (χ1v) is 7.27. The third-order valence-corrected chi connectivity index (χ3v) is 4.17. The zero-order valence-electron chi connectivity index (χ0n) is 9.98. The average Bonchev–Trinajstić information content (AvgIpc) is 2.41. The van der Waals surface area contributed by atoms with E-state index in [1.54, 1.807) is 18.2 Å². The minimum Gasteiger partial charge on any atom is -0.507 e. The van der Waals surface area contributed by atoms with E-state index in [-0.39, 0.29) is 11.7 Å². The smallest absolute Gasteiger partial charge is 0.337 e. The van der Waals surface area contributed by atoms with Crippen LogP contribution in [0, 0.1) is 3.57 Å². The highest BCUT2D eigenvalue weighted by Gasteiger charge is 2.10. The van der Waals surface area contributed by atoms with Crippen LogP contribution in [-0.2, 0) is 4.74 Å². The second kappa shape index (κ2) is 5.92. The monoisotopic (exact) mass is 432 g/mol. The topological polar surface area (TPSA) is 46.5 Å². The van der Waals surface area contributed by atoms with E-state index < -0.39 is 0 Å². The van der Waals surface area contributed by atoms with E-state index in [0.717, 1.165) is 19.2 Å². The lowest BCUT2D eigenvalue weighted by atomic mass is 10.0. The first kappa shape index (κ1) is 14.3. The number of rotatable bonds is 2. The Bertz CT molecular complexity index is 641. The second-order valence-corrected chi connectivity index (χ2v) is 5.87. The molecular weight excluding hydrogens is 423 g/mol. The number of methoxy groups -OCH3 is 1. The van der Waals surface area contributed by atoms with Gasteiger partial charge in [0.1, 0.15) is 5.75 Å². The van der Waals surface area contributed by atoms with Gasteiger partial charge in [0.2, 0.25) is 0 Å². The van der Waals surface area contributed by atoms with E-state index >= 15 is 0 Å². The molecule has 2 aromatic rings. The molecule has 0 aliphatic carbocycles. The number of benzene rings is 2. The molecule has 0 saturated carbocycles. The Balaban J connectivity index is 2.46. The van der Waals surface area contributed by atoms with E-state index in [1.807, 2.05) is 18.2 Å². The van der Waals surface area contributed by atoms with Gasteiger partial charge in [-0.3, -0.25) is 0 Å². The summed E-state index contributed by atoms with van der Waals surface area (Å²) in [4.78, 5) is 11.4. The molecule has 0 heterocycles. The molecule has 1 N–H and O–H groups in total. The van der Waals surface area contributed by atoms with Gasteiger partial charge in [0.25, 0.3) is 0 Å². The van der Waals surface area contributed by atoms with Crippen molar-refractivity contribution in [1.82, 2.24) is 0 Å². The van der Waals surface area contributed by atoms with Gasteiger partial charge in [0.05, 0.1) is 16.2 Å². The van der Waals surface area contributed by atoms with Crippen molar-refractivity contribution in [2.24, 2.45) is 0 Å². The molecule has 98 valence electrons. The number of hydrogen-bond acceptors (Lipinski definition) is 3. The van der Waals surface area contributed by atoms with Crippen LogP contribution in [0.4, 0.5) is 0 Å². The molecule has 0 aliphatic heterocycles. The molecular formula is C14H10BrIO3. The number of esters is 1. The summed E-state index contributed by atoms with van der Waals surface area (Å²) in [5.41, 5.74) is 2.41. The van der Waals surface area contributed by atoms with Crippen LogP contribution >= 0.6 is 38.5 Å². The van der Waals surface area contributed by atoms with Crippen LogP contribution in [0.3, 0.4) is 0 Å². The summed E-state index contributed by atoms with van der Waals surface area (Å²) in [6.45, 7) is 0. The second-order valence-electron chi connectivity index (χ2n) is 3.85. The van der Waals surface area contributed by atoms with Gasteiger partial charge in [-0.25, -0.2) is 4.79 Å². The fourth-order valence-electron chi connectivity index (χ4n) is 1.67. The Morgan fingerprint density at radius 3 is 2.58 bits per heavy atom. The molecule has 0 aromatic heterocycles. The highest BCUT2D eigenvalue weighted by Crippen LogP contribution is 2.32. The number of ether oxygens (including phenoxy) is 1. The highest BCUT2D eigenvalue weighted by molar-refractivity contribution is 14.1. The SMILES string of the molecule is COC(=O)c1ccc(-c2ccc(O)c(I)c2)c(Br)c1. The Hall–Kier alpha value is -1.08. The predicted molar refractivity (Wildman–Crippen MR) is 85.3 cm³/mol. The number of carbonyl (C=O) groups is 1. The molecule has 0 fully saturated rings. The van der Waals surface area contributed by atoms with Crippen molar-refractivity contribution in [3.8, 4) is 16.9 Å². The van der Waals surface area contributed by atoms with Crippen molar-refractivity contribution >= 4 is 44.5 Å². The molecule has 0 spiro atoms. The summed E-state index contributed by atoms with van der Waals surface area (Å²) in [5, 5.41) is 9.53. The maximum atomic E-state index is 11.4. The van der Waals surface area contributed by atoms with Gasteiger partial charge in [0, 0.05) is 4.47 Å². The fourth-order valence-corrected chi connectivity index (χ4v) is 2.79. The average molecular weight is 433 g/mol. The minimum atomic E-state index is -0.368. The van der Waals surface area contributed by atoms with E-state index in [0.29, 0.717) is 5.56 Å². The Kier molecular flexibility index (Phi) is 4.46. The van der Waals surface area contributed by atoms with Crippen molar-refractivity contribution in [2.75, 3.05) is 7.11 Å². The van der Waals surface area contributed by atoms with Crippen molar-refractivity contribution in [3.05, 3.63) is 50.0 Å². The summed E-state index contributed by atoms with van der Waals surface area (Å²) in [6, 6.07) is 10.6. The normalized spacial score (nSPS) is 10.3. The van der Waals surface area contributed by atoms with E-state index in [2.05, 4.69) is 43.3 Å². The molecule has 19 heavy (non-hydrogen) atoms. The molecule has 2 rings (SSSR count). The molecule has 0 aliphatic rings. The maximum absolute atomic E-state index is 11.4. The van der Waals surface area contributed by atoms with Crippen molar-refractivity contribution in [3.63, 3.8) is 0 Å². The molecule has 0 atom stereocenters. The van der Waals surface area contributed by atoms with Crippen molar-refractivity contribution < 1.29 is 14.6 Å². The molecule has 2 aromatic carbocycles. The highest BCUT2D eigenvalue weighted by atomic mass is 127. The zero-order valence-corrected chi connectivity index (χ0v) is 13.7. The molecule has 3 nitrogen and oxygen atoms in total. The lowest BCUT2D eigenvalue weighted by Crippen LogP contribution is -2.00. The van der Waals surface area contributed by atoms with Gasteiger partial charge in [-0.1, -0.05) is 28.1 Å². The molecule has 0 unspecified atom stereocenters. The van der Waals surface area contributed by atoms with Crippen LogP contribution in [0.15, 0.2) is 40.9 Å². The summed E-state index contributed by atoms with van der Waals surface area (Å²) in [7, 11) is 1.35. The molecule has 0 amide bonds. The van der Waals surface area contributed by atoms with Crippen LogP contribution < -0.4 is 0 Å². The minimum absolute atomic E-state index is 0.256. The van der Waals surface area contributed by atoms with Crippen LogP contribution in [0.1, 0.15) is 10.4 Å².